The Morgan fingerprint density at radius 1 is 1.33 bits per heavy atom. The molecular formula is C14H19N3S. The van der Waals surface area contributed by atoms with Crippen LogP contribution in [0.25, 0.3) is 0 Å². The van der Waals surface area contributed by atoms with Crippen molar-refractivity contribution < 1.29 is 0 Å². The highest BCUT2D eigenvalue weighted by atomic mass is 32.2. The first-order valence-electron chi connectivity index (χ1n) is 6.15. The van der Waals surface area contributed by atoms with E-state index >= 15 is 0 Å². The zero-order chi connectivity index (χ0) is 13.0. The van der Waals surface area contributed by atoms with E-state index in [1.54, 1.807) is 0 Å². The molecule has 2 aromatic rings. The van der Waals surface area contributed by atoms with E-state index in [4.69, 9.17) is 0 Å². The molecule has 0 bridgehead atoms. The highest BCUT2D eigenvalue weighted by Crippen LogP contribution is 2.27. The van der Waals surface area contributed by atoms with E-state index in [0.29, 0.717) is 0 Å². The van der Waals surface area contributed by atoms with Gasteiger partial charge >= 0.3 is 0 Å². The first-order valence-corrected chi connectivity index (χ1v) is 7.14. The predicted molar refractivity (Wildman–Crippen MR) is 78.1 cm³/mol. The number of nitrogens with one attached hydrogen (secondary N) is 1. The Hall–Kier alpha value is -1.42. The monoisotopic (exact) mass is 261 g/mol. The van der Waals surface area contributed by atoms with Crippen molar-refractivity contribution in [3.8, 4) is 0 Å². The minimum absolute atomic E-state index is 0.820. The molecule has 4 heteroatoms. The standard InChI is InChI=1S/C14H19N3S/c1-4-18-14-8-6-5-7-13(14)15-9-12-10-16-17(3)11(12)2/h5-8,10,15H,4,9H2,1-3H3. The lowest BCUT2D eigenvalue weighted by Gasteiger charge is -2.10. The molecule has 1 aromatic heterocycles. The number of nitrogens with zero attached hydrogens (tertiary/aromatic N) is 2. The third-order valence-corrected chi connectivity index (χ3v) is 3.95. The maximum absolute atomic E-state index is 4.26. The fourth-order valence-corrected chi connectivity index (χ4v) is 2.58. The minimum Gasteiger partial charge on any atom is -0.380 e. The second-order valence-corrected chi connectivity index (χ2v) is 5.47. The predicted octanol–water partition coefficient (Wildman–Crippen LogP) is 3.45. The molecule has 0 fully saturated rings. The number of benzene rings is 1. The average molecular weight is 261 g/mol. The van der Waals surface area contributed by atoms with E-state index in [1.165, 1.54) is 21.8 Å². The highest BCUT2D eigenvalue weighted by molar-refractivity contribution is 7.99. The Morgan fingerprint density at radius 3 is 2.78 bits per heavy atom. The van der Waals surface area contributed by atoms with Crippen molar-refractivity contribution >= 4 is 17.4 Å². The molecule has 0 aliphatic heterocycles. The highest BCUT2D eigenvalue weighted by Gasteiger charge is 2.05. The summed E-state index contributed by atoms with van der Waals surface area (Å²) in [5, 5.41) is 7.75. The molecule has 18 heavy (non-hydrogen) atoms. The zero-order valence-corrected chi connectivity index (χ0v) is 11.9. The number of aryl methyl sites for hydroxylation is 1. The third kappa shape index (κ3) is 2.88. The largest absolute Gasteiger partial charge is 0.380 e. The Labute approximate surface area is 113 Å². The number of hydrogen-bond donors (Lipinski definition) is 1. The van der Waals surface area contributed by atoms with E-state index in [-0.39, 0.29) is 0 Å². The van der Waals surface area contributed by atoms with Gasteiger partial charge in [0.25, 0.3) is 0 Å². The summed E-state index contributed by atoms with van der Waals surface area (Å²) < 4.78 is 1.91. The molecule has 0 spiro atoms. The smallest absolute Gasteiger partial charge is 0.0542 e. The van der Waals surface area contributed by atoms with Crippen molar-refractivity contribution in [2.24, 2.45) is 7.05 Å². The van der Waals surface area contributed by atoms with Crippen LogP contribution in [0.5, 0.6) is 0 Å². The SMILES string of the molecule is CCSc1ccccc1NCc1cnn(C)c1C. The van der Waals surface area contributed by atoms with Crippen LogP contribution in [-0.2, 0) is 13.6 Å². The molecule has 1 heterocycles. The van der Waals surface area contributed by atoms with Crippen LogP contribution in [0.4, 0.5) is 5.69 Å². The van der Waals surface area contributed by atoms with Crippen molar-refractivity contribution in [1.82, 2.24) is 9.78 Å². The number of hydrogen-bond acceptors (Lipinski definition) is 3. The van der Waals surface area contributed by atoms with E-state index in [9.17, 15) is 0 Å². The van der Waals surface area contributed by atoms with Gasteiger partial charge in [0.05, 0.1) is 6.20 Å². The second-order valence-electron chi connectivity index (χ2n) is 4.16. The van der Waals surface area contributed by atoms with E-state index in [2.05, 4.69) is 48.5 Å². The number of thioether (sulfide) groups is 1. The molecule has 0 saturated heterocycles. The summed E-state index contributed by atoms with van der Waals surface area (Å²) in [6.07, 6.45) is 1.93. The summed E-state index contributed by atoms with van der Waals surface area (Å²) in [4.78, 5) is 1.31. The third-order valence-electron chi connectivity index (χ3n) is 2.99. The van der Waals surface area contributed by atoms with Crippen LogP contribution in [0.1, 0.15) is 18.2 Å². The van der Waals surface area contributed by atoms with E-state index in [1.807, 2.05) is 29.7 Å². The quantitative estimate of drug-likeness (QED) is 0.836. The molecule has 2 rings (SSSR count). The van der Waals surface area contributed by atoms with Crippen LogP contribution in [-0.4, -0.2) is 15.5 Å². The molecule has 3 nitrogen and oxygen atoms in total. The minimum atomic E-state index is 0.820. The number of anilines is 1. The maximum atomic E-state index is 4.26. The van der Waals surface area contributed by atoms with Crippen molar-refractivity contribution in [2.45, 2.75) is 25.3 Å². The lowest BCUT2D eigenvalue weighted by molar-refractivity contribution is 0.738. The molecule has 0 unspecified atom stereocenters. The molecular weight excluding hydrogens is 242 g/mol. The van der Waals surface area contributed by atoms with Crippen LogP contribution < -0.4 is 5.32 Å². The molecule has 1 aromatic carbocycles. The van der Waals surface area contributed by atoms with Gasteiger partial charge in [0.2, 0.25) is 0 Å². The number of rotatable bonds is 5. The molecule has 0 radical (unpaired) electrons. The van der Waals surface area contributed by atoms with Crippen molar-refractivity contribution in [2.75, 3.05) is 11.1 Å². The van der Waals surface area contributed by atoms with Gasteiger partial charge in [-0.15, -0.1) is 11.8 Å². The fraction of sp³-hybridized carbons (Fsp3) is 0.357. The topological polar surface area (TPSA) is 29.9 Å². The van der Waals surface area contributed by atoms with Crippen LogP contribution >= 0.6 is 11.8 Å². The number of para-hydroxylation sites is 1. The summed E-state index contributed by atoms with van der Waals surface area (Å²) in [6.45, 7) is 5.09. The maximum Gasteiger partial charge on any atom is 0.0542 e. The normalized spacial score (nSPS) is 10.6. The Balaban J connectivity index is 2.08. The average Bonchev–Trinajstić information content (AvgIpc) is 2.70. The van der Waals surface area contributed by atoms with Crippen LogP contribution in [0.15, 0.2) is 35.4 Å². The van der Waals surface area contributed by atoms with Gasteiger partial charge in [0.1, 0.15) is 0 Å². The second kappa shape index (κ2) is 5.96. The Bertz CT molecular complexity index is 520. The summed E-state index contributed by atoms with van der Waals surface area (Å²) in [6, 6.07) is 8.44. The van der Waals surface area contributed by atoms with E-state index < -0.39 is 0 Å². The van der Waals surface area contributed by atoms with Crippen LogP contribution in [0, 0.1) is 6.92 Å². The Morgan fingerprint density at radius 2 is 2.11 bits per heavy atom. The van der Waals surface area contributed by atoms with Gasteiger partial charge in [-0.2, -0.15) is 5.10 Å². The molecule has 96 valence electrons. The fourth-order valence-electron chi connectivity index (χ4n) is 1.80. The molecule has 0 saturated carbocycles. The summed E-state index contributed by atoms with van der Waals surface area (Å²) in [5.41, 5.74) is 3.66. The van der Waals surface area contributed by atoms with Gasteiger partial charge in [-0.25, -0.2) is 0 Å². The van der Waals surface area contributed by atoms with Gasteiger partial charge in [-0.05, 0) is 24.8 Å². The van der Waals surface area contributed by atoms with Crippen LogP contribution in [0.3, 0.4) is 0 Å². The lowest BCUT2D eigenvalue weighted by atomic mass is 10.2. The lowest BCUT2D eigenvalue weighted by Crippen LogP contribution is -2.02. The summed E-state index contributed by atoms with van der Waals surface area (Å²) in [7, 11) is 1.97. The molecule has 0 atom stereocenters. The summed E-state index contributed by atoms with van der Waals surface area (Å²) >= 11 is 1.86. The Kier molecular flexibility index (Phi) is 4.31. The van der Waals surface area contributed by atoms with Gasteiger partial charge in [-0.1, -0.05) is 19.1 Å². The molecule has 0 aliphatic rings. The van der Waals surface area contributed by atoms with E-state index in [0.717, 1.165) is 12.3 Å². The number of aromatic nitrogens is 2. The molecule has 0 aliphatic carbocycles. The van der Waals surface area contributed by atoms with Gasteiger partial charge in [0.15, 0.2) is 0 Å². The summed E-state index contributed by atoms with van der Waals surface area (Å²) in [5.74, 6) is 1.09. The zero-order valence-electron chi connectivity index (χ0n) is 11.1. The first kappa shape index (κ1) is 13.0. The van der Waals surface area contributed by atoms with Crippen molar-refractivity contribution in [3.63, 3.8) is 0 Å². The van der Waals surface area contributed by atoms with Crippen molar-refractivity contribution in [1.29, 1.82) is 0 Å². The van der Waals surface area contributed by atoms with Gasteiger partial charge < -0.3 is 5.32 Å². The van der Waals surface area contributed by atoms with Gasteiger partial charge in [0, 0.05) is 35.4 Å². The first-order chi connectivity index (χ1) is 8.72. The molecule has 0 amide bonds. The molecule has 1 N–H and O–H groups in total. The van der Waals surface area contributed by atoms with Crippen molar-refractivity contribution in [3.05, 3.63) is 41.7 Å². The van der Waals surface area contributed by atoms with Gasteiger partial charge in [-0.3, -0.25) is 4.68 Å². The van der Waals surface area contributed by atoms with Crippen LogP contribution in [0.2, 0.25) is 0 Å².